The number of nitrogens with zero attached hydrogens (tertiary/aromatic N) is 1. The molecule has 2 aromatic rings. The Labute approximate surface area is 190 Å². The van der Waals surface area contributed by atoms with Crippen molar-refractivity contribution in [1.82, 2.24) is 4.90 Å². The average Bonchev–Trinajstić information content (AvgIpc) is 2.83. The lowest BCUT2D eigenvalue weighted by molar-refractivity contribution is -0.116. The van der Waals surface area contributed by atoms with Crippen molar-refractivity contribution >= 4 is 17.5 Å². The Hall–Kier alpha value is -3.02. The van der Waals surface area contributed by atoms with Crippen LogP contribution >= 0.6 is 0 Å². The van der Waals surface area contributed by atoms with E-state index in [1.165, 1.54) is 19.3 Å². The van der Waals surface area contributed by atoms with Crippen LogP contribution in [0, 0.1) is 0 Å². The molecule has 0 saturated heterocycles. The first-order valence-electron chi connectivity index (χ1n) is 11.6. The van der Waals surface area contributed by atoms with Crippen LogP contribution < -0.4 is 14.8 Å². The van der Waals surface area contributed by atoms with Crippen molar-refractivity contribution in [3.05, 3.63) is 54.1 Å². The Morgan fingerprint density at radius 2 is 1.62 bits per heavy atom. The summed E-state index contributed by atoms with van der Waals surface area (Å²) in [6.45, 7) is 2.93. The van der Waals surface area contributed by atoms with E-state index in [1.54, 1.807) is 24.3 Å². The molecule has 1 N–H and O–H groups in total. The van der Waals surface area contributed by atoms with Gasteiger partial charge in [-0.2, -0.15) is 0 Å². The largest absolute Gasteiger partial charge is 0.490 e. The maximum absolute atomic E-state index is 12.7. The second-order valence-electron chi connectivity index (χ2n) is 8.17. The first-order chi connectivity index (χ1) is 15.6. The monoisotopic (exact) mass is 438 g/mol. The van der Waals surface area contributed by atoms with Crippen LogP contribution in [0.3, 0.4) is 0 Å². The fraction of sp³-hybridized carbons (Fsp3) is 0.462. The number of nitrogens with one attached hydrogen (secondary N) is 1. The highest BCUT2D eigenvalue weighted by Crippen LogP contribution is 2.26. The van der Waals surface area contributed by atoms with Gasteiger partial charge in [-0.25, -0.2) is 0 Å². The van der Waals surface area contributed by atoms with Crippen LogP contribution in [-0.2, 0) is 4.79 Å². The zero-order valence-corrected chi connectivity index (χ0v) is 19.1. The molecule has 0 aliphatic heterocycles. The number of amides is 2. The van der Waals surface area contributed by atoms with Crippen LogP contribution in [0.5, 0.6) is 11.5 Å². The molecule has 3 rings (SSSR count). The Balaban J connectivity index is 1.42. The molecule has 6 heteroatoms. The number of carbonyl (C=O) groups excluding carboxylic acids is 2. The third kappa shape index (κ3) is 6.74. The molecule has 6 nitrogen and oxygen atoms in total. The number of carbonyl (C=O) groups is 2. The van der Waals surface area contributed by atoms with Gasteiger partial charge >= 0.3 is 0 Å². The molecule has 0 unspecified atom stereocenters. The van der Waals surface area contributed by atoms with Crippen LogP contribution in [0.25, 0.3) is 0 Å². The van der Waals surface area contributed by atoms with Crippen molar-refractivity contribution in [3.8, 4) is 11.5 Å². The molecule has 1 fully saturated rings. The van der Waals surface area contributed by atoms with Crippen molar-refractivity contribution in [2.45, 2.75) is 57.9 Å². The van der Waals surface area contributed by atoms with E-state index < -0.39 is 0 Å². The van der Waals surface area contributed by atoms with Gasteiger partial charge in [0.15, 0.2) is 11.5 Å². The number of rotatable bonds is 10. The summed E-state index contributed by atoms with van der Waals surface area (Å²) in [5.74, 6) is 1.36. The topological polar surface area (TPSA) is 67.9 Å². The highest BCUT2D eigenvalue weighted by atomic mass is 16.5. The number of anilines is 1. The Morgan fingerprint density at radius 3 is 2.28 bits per heavy atom. The highest BCUT2D eigenvalue weighted by Gasteiger charge is 2.22. The van der Waals surface area contributed by atoms with E-state index >= 15 is 0 Å². The fourth-order valence-electron chi connectivity index (χ4n) is 4.02. The molecular formula is C26H34N2O4. The molecule has 0 heterocycles. The van der Waals surface area contributed by atoms with Crippen molar-refractivity contribution in [2.24, 2.45) is 0 Å². The zero-order chi connectivity index (χ0) is 22.8. The van der Waals surface area contributed by atoms with Crippen molar-refractivity contribution in [2.75, 3.05) is 25.6 Å². The maximum Gasteiger partial charge on any atom is 0.253 e. The van der Waals surface area contributed by atoms with Gasteiger partial charge in [0.25, 0.3) is 5.91 Å². The number of ether oxygens (including phenoxy) is 2. The van der Waals surface area contributed by atoms with Crippen LogP contribution in [0.4, 0.5) is 5.69 Å². The first-order valence-corrected chi connectivity index (χ1v) is 11.6. The van der Waals surface area contributed by atoms with E-state index in [9.17, 15) is 9.59 Å². The first kappa shape index (κ1) is 23.6. The van der Waals surface area contributed by atoms with Crippen LogP contribution in [0.2, 0.25) is 0 Å². The molecule has 0 atom stereocenters. The lowest BCUT2D eigenvalue weighted by Gasteiger charge is -2.31. The summed E-state index contributed by atoms with van der Waals surface area (Å²) >= 11 is 0. The zero-order valence-electron chi connectivity index (χ0n) is 19.1. The Morgan fingerprint density at radius 1 is 0.969 bits per heavy atom. The van der Waals surface area contributed by atoms with E-state index in [2.05, 4.69) is 5.32 Å². The second kappa shape index (κ2) is 12.1. The molecule has 1 aliphatic rings. The maximum atomic E-state index is 12.7. The van der Waals surface area contributed by atoms with Gasteiger partial charge in [-0.05, 0) is 62.6 Å². The van der Waals surface area contributed by atoms with Gasteiger partial charge in [0.1, 0.15) is 0 Å². The molecule has 2 aromatic carbocycles. The minimum Gasteiger partial charge on any atom is -0.490 e. The third-order valence-corrected chi connectivity index (χ3v) is 5.81. The van der Waals surface area contributed by atoms with E-state index in [-0.39, 0.29) is 11.8 Å². The SMILES string of the molecule is CCOc1ccccc1OCCCC(=O)Nc1ccc(C(=O)N(C)C2CCCCC2)cc1. The minimum atomic E-state index is -0.0786. The lowest BCUT2D eigenvalue weighted by Crippen LogP contribution is -2.38. The van der Waals surface area contributed by atoms with Gasteiger partial charge in [-0.3, -0.25) is 9.59 Å². The van der Waals surface area contributed by atoms with E-state index in [4.69, 9.17) is 9.47 Å². The number of hydrogen-bond donors (Lipinski definition) is 1. The van der Waals surface area contributed by atoms with Crippen molar-refractivity contribution in [3.63, 3.8) is 0 Å². The molecule has 0 spiro atoms. The number of benzene rings is 2. The molecule has 0 bridgehead atoms. The summed E-state index contributed by atoms with van der Waals surface area (Å²) in [4.78, 5) is 26.9. The van der Waals surface area contributed by atoms with Gasteiger partial charge in [0.2, 0.25) is 5.91 Å². The fourth-order valence-corrected chi connectivity index (χ4v) is 4.02. The highest BCUT2D eigenvalue weighted by molar-refractivity contribution is 5.95. The van der Waals surface area contributed by atoms with E-state index in [1.807, 2.05) is 43.1 Å². The standard InChI is InChI=1S/C26H34N2O4/c1-3-31-23-12-7-8-13-24(23)32-19-9-14-25(29)27-21-17-15-20(16-18-21)26(30)28(2)22-10-5-4-6-11-22/h7-8,12-13,15-18,22H,3-6,9-11,14,19H2,1-2H3,(H,27,29). The van der Waals surface area contributed by atoms with Gasteiger partial charge in [0.05, 0.1) is 13.2 Å². The van der Waals surface area contributed by atoms with Gasteiger partial charge < -0.3 is 19.7 Å². The Bertz CT molecular complexity index is 876. The predicted molar refractivity (Wildman–Crippen MR) is 126 cm³/mol. The normalized spacial score (nSPS) is 13.9. The molecule has 0 radical (unpaired) electrons. The molecule has 1 aliphatic carbocycles. The smallest absolute Gasteiger partial charge is 0.253 e. The number of hydrogen-bond acceptors (Lipinski definition) is 4. The Kier molecular flexibility index (Phi) is 8.96. The summed E-state index contributed by atoms with van der Waals surface area (Å²) in [6.07, 6.45) is 6.75. The summed E-state index contributed by atoms with van der Waals surface area (Å²) in [7, 11) is 1.89. The second-order valence-corrected chi connectivity index (χ2v) is 8.17. The molecule has 0 aromatic heterocycles. The quantitative estimate of drug-likeness (QED) is 0.512. The van der Waals surface area contributed by atoms with E-state index in [0.29, 0.717) is 54.8 Å². The number of para-hydroxylation sites is 2. The molecule has 2 amide bonds. The van der Waals surface area contributed by atoms with Gasteiger partial charge in [-0.1, -0.05) is 31.4 Å². The summed E-state index contributed by atoms with van der Waals surface area (Å²) in [6, 6.07) is 15.0. The summed E-state index contributed by atoms with van der Waals surface area (Å²) in [5, 5.41) is 2.89. The van der Waals surface area contributed by atoms with Crippen LogP contribution in [0.1, 0.15) is 62.2 Å². The predicted octanol–water partition coefficient (Wildman–Crippen LogP) is 5.29. The third-order valence-electron chi connectivity index (χ3n) is 5.81. The van der Waals surface area contributed by atoms with E-state index in [0.717, 1.165) is 12.8 Å². The minimum absolute atomic E-state index is 0.0410. The average molecular weight is 439 g/mol. The van der Waals surface area contributed by atoms with Crippen molar-refractivity contribution in [1.29, 1.82) is 0 Å². The molecular weight excluding hydrogens is 404 g/mol. The van der Waals surface area contributed by atoms with Gasteiger partial charge in [0, 0.05) is 30.8 Å². The van der Waals surface area contributed by atoms with Gasteiger partial charge in [-0.15, -0.1) is 0 Å². The molecule has 172 valence electrons. The lowest BCUT2D eigenvalue weighted by atomic mass is 9.94. The molecule has 1 saturated carbocycles. The van der Waals surface area contributed by atoms with Crippen LogP contribution in [-0.4, -0.2) is 43.0 Å². The van der Waals surface area contributed by atoms with Crippen LogP contribution in [0.15, 0.2) is 48.5 Å². The van der Waals surface area contributed by atoms with Crippen molar-refractivity contribution < 1.29 is 19.1 Å². The summed E-state index contributed by atoms with van der Waals surface area (Å²) < 4.78 is 11.3. The molecule has 32 heavy (non-hydrogen) atoms. The summed E-state index contributed by atoms with van der Waals surface area (Å²) in [5.41, 5.74) is 1.34.